The molecule has 0 aliphatic carbocycles. The number of ether oxygens (including phenoxy) is 1. The van der Waals surface area contributed by atoms with Gasteiger partial charge in [0.05, 0.1) is 13.0 Å². The molecule has 0 saturated carbocycles. The molecular weight excluding hydrogens is 202 g/mol. The van der Waals surface area contributed by atoms with Crippen LogP contribution in [0, 0.1) is 5.92 Å². The predicted molar refractivity (Wildman–Crippen MR) is 61.9 cm³/mol. The minimum Gasteiger partial charge on any atom is -0.469 e. The van der Waals surface area contributed by atoms with Gasteiger partial charge in [0.1, 0.15) is 0 Å². The molecule has 1 saturated heterocycles. The second-order valence-corrected chi connectivity index (χ2v) is 4.32. The Kier molecular flexibility index (Phi) is 3.25. The van der Waals surface area contributed by atoms with Gasteiger partial charge in [-0.2, -0.15) is 0 Å². The molecule has 0 aromatic heterocycles. The lowest BCUT2D eigenvalue weighted by Gasteiger charge is -2.17. The number of carbonyl (C=O) groups excluding carboxylic acids is 1. The zero-order valence-electron chi connectivity index (χ0n) is 9.64. The van der Waals surface area contributed by atoms with E-state index in [1.54, 1.807) is 0 Å². The van der Waals surface area contributed by atoms with Gasteiger partial charge in [0.15, 0.2) is 0 Å². The first-order chi connectivity index (χ1) is 7.72. The summed E-state index contributed by atoms with van der Waals surface area (Å²) in [6.45, 7) is 2.10. The molecule has 16 heavy (non-hydrogen) atoms. The first kappa shape index (κ1) is 11.1. The zero-order valence-corrected chi connectivity index (χ0v) is 9.64. The third kappa shape index (κ3) is 2.09. The molecule has 0 amide bonds. The smallest absolute Gasteiger partial charge is 0.310 e. The Labute approximate surface area is 95.8 Å². The van der Waals surface area contributed by atoms with Gasteiger partial charge in [0.25, 0.3) is 0 Å². The van der Waals surface area contributed by atoms with E-state index in [0.29, 0.717) is 6.04 Å². The fraction of sp³-hybridized carbons (Fsp3) is 0.462. The summed E-state index contributed by atoms with van der Waals surface area (Å²) in [5, 5.41) is 3.43. The van der Waals surface area contributed by atoms with E-state index in [2.05, 4.69) is 12.2 Å². The van der Waals surface area contributed by atoms with Crippen LogP contribution in [0.2, 0.25) is 0 Å². The maximum absolute atomic E-state index is 11.7. The van der Waals surface area contributed by atoms with Gasteiger partial charge in [-0.3, -0.25) is 4.79 Å². The molecule has 0 radical (unpaired) electrons. The van der Waals surface area contributed by atoms with Gasteiger partial charge in [-0.05, 0) is 18.9 Å². The van der Waals surface area contributed by atoms with Crippen molar-refractivity contribution in [3.8, 4) is 0 Å². The molecule has 3 nitrogen and oxygen atoms in total. The van der Waals surface area contributed by atoms with Crippen molar-refractivity contribution in [3.63, 3.8) is 0 Å². The number of hydrogen-bond donors (Lipinski definition) is 1. The zero-order chi connectivity index (χ0) is 11.5. The predicted octanol–water partition coefficient (Wildman–Crippen LogP) is 1.90. The largest absolute Gasteiger partial charge is 0.469 e. The van der Waals surface area contributed by atoms with Crippen molar-refractivity contribution in [1.29, 1.82) is 0 Å². The molecule has 0 spiro atoms. The third-order valence-electron chi connectivity index (χ3n) is 3.14. The molecule has 86 valence electrons. The lowest BCUT2D eigenvalue weighted by atomic mass is 9.94. The molecule has 2 rings (SSSR count). The lowest BCUT2D eigenvalue weighted by Crippen LogP contribution is -2.25. The number of benzene rings is 1. The number of esters is 1. The summed E-state index contributed by atoms with van der Waals surface area (Å²) < 4.78 is 4.86. The Hall–Kier alpha value is -1.35. The standard InChI is InChI=1S/C13H17NO2/c1-9-8-11(13(15)16-2)12(14-9)10-6-4-3-5-7-10/h3-7,9,11-12,14H,8H2,1-2H3/t9-,11+,12-/m0/s1. The van der Waals surface area contributed by atoms with Crippen LogP contribution in [0.25, 0.3) is 0 Å². The van der Waals surface area contributed by atoms with Gasteiger partial charge in [0, 0.05) is 12.1 Å². The van der Waals surface area contributed by atoms with Gasteiger partial charge < -0.3 is 10.1 Å². The molecule has 0 bridgehead atoms. The monoisotopic (exact) mass is 219 g/mol. The highest BCUT2D eigenvalue weighted by molar-refractivity contribution is 5.74. The molecular formula is C13H17NO2. The summed E-state index contributed by atoms with van der Waals surface area (Å²) in [7, 11) is 1.45. The topological polar surface area (TPSA) is 38.3 Å². The van der Waals surface area contributed by atoms with Crippen LogP contribution in [0.4, 0.5) is 0 Å². The number of rotatable bonds is 2. The maximum atomic E-state index is 11.7. The molecule has 1 aliphatic heterocycles. The van der Waals surface area contributed by atoms with Gasteiger partial charge in [0.2, 0.25) is 0 Å². The summed E-state index contributed by atoms with van der Waals surface area (Å²) >= 11 is 0. The fourth-order valence-corrected chi connectivity index (χ4v) is 2.38. The van der Waals surface area contributed by atoms with E-state index >= 15 is 0 Å². The molecule has 1 N–H and O–H groups in total. The van der Waals surface area contributed by atoms with Crippen molar-refractivity contribution in [2.75, 3.05) is 7.11 Å². The minimum atomic E-state index is -0.120. The molecule has 1 aliphatic rings. The van der Waals surface area contributed by atoms with Gasteiger partial charge in [-0.25, -0.2) is 0 Å². The second-order valence-electron chi connectivity index (χ2n) is 4.32. The number of hydrogen-bond acceptors (Lipinski definition) is 3. The highest BCUT2D eigenvalue weighted by atomic mass is 16.5. The van der Waals surface area contributed by atoms with E-state index in [-0.39, 0.29) is 17.9 Å². The van der Waals surface area contributed by atoms with E-state index in [1.807, 2.05) is 30.3 Å². The molecule has 1 fully saturated rings. The minimum absolute atomic E-state index is 0.0672. The first-order valence-electron chi connectivity index (χ1n) is 5.61. The van der Waals surface area contributed by atoms with Crippen LogP contribution < -0.4 is 5.32 Å². The van der Waals surface area contributed by atoms with E-state index in [0.717, 1.165) is 12.0 Å². The molecule has 1 heterocycles. The second kappa shape index (κ2) is 4.66. The van der Waals surface area contributed by atoms with Crippen molar-refractivity contribution in [1.82, 2.24) is 5.32 Å². The van der Waals surface area contributed by atoms with Crippen LogP contribution in [0.15, 0.2) is 30.3 Å². The molecule has 3 heteroatoms. The van der Waals surface area contributed by atoms with Crippen LogP contribution in [0.5, 0.6) is 0 Å². The van der Waals surface area contributed by atoms with Crippen LogP contribution in [-0.2, 0) is 9.53 Å². The maximum Gasteiger partial charge on any atom is 0.310 e. The van der Waals surface area contributed by atoms with Crippen molar-refractivity contribution < 1.29 is 9.53 Å². The summed E-state index contributed by atoms with van der Waals surface area (Å²) in [5.74, 6) is -0.187. The molecule has 3 atom stereocenters. The van der Waals surface area contributed by atoms with Gasteiger partial charge in [-0.1, -0.05) is 30.3 Å². The van der Waals surface area contributed by atoms with E-state index < -0.39 is 0 Å². The Morgan fingerprint density at radius 2 is 2.06 bits per heavy atom. The average molecular weight is 219 g/mol. The Balaban J connectivity index is 2.22. The highest BCUT2D eigenvalue weighted by Gasteiger charge is 2.37. The highest BCUT2D eigenvalue weighted by Crippen LogP contribution is 2.33. The van der Waals surface area contributed by atoms with Crippen LogP contribution in [-0.4, -0.2) is 19.1 Å². The summed E-state index contributed by atoms with van der Waals surface area (Å²) in [4.78, 5) is 11.7. The number of methoxy groups -OCH3 is 1. The van der Waals surface area contributed by atoms with Gasteiger partial charge in [-0.15, -0.1) is 0 Å². The quantitative estimate of drug-likeness (QED) is 0.772. The van der Waals surface area contributed by atoms with E-state index in [1.165, 1.54) is 7.11 Å². The van der Waals surface area contributed by atoms with Crippen molar-refractivity contribution in [2.45, 2.75) is 25.4 Å². The van der Waals surface area contributed by atoms with E-state index in [4.69, 9.17) is 4.74 Å². The fourth-order valence-electron chi connectivity index (χ4n) is 2.38. The normalized spacial score (nSPS) is 29.0. The van der Waals surface area contributed by atoms with Crippen LogP contribution >= 0.6 is 0 Å². The number of nitrogens with one attached hydrogen (secondary N) is 1. The third-order valence-corrected chi connectivity index (χ3v) is 3.14. The van der Waals surface area contributed by atoms with Crippen LogP contribution in [0.3, 0.4) is 0 Å². The van der Waals surface area contributed by atoms with Crippen molar-refractivity contribution in [2.24, 2.45) is 5.92 Å². The number of carbonyl (C=O) groups is 1. The Morgan fingerprint density at radius 3 is 2.69 bits per heavy atom. The molecule has 1 aromatic rings. The van der Waals surface area contributed by atoms with Gasteiger partial charge >= 0.3 is 5.97 Å². The Morgan fingerprint density at radius 1 is 1.38 bits per heavy atom. The van der Waals surface area contributed by atoms with E-state index in [9.17, 15) is 4.79 Å². The van der Waals surface area contributed by atoms with Crippen molar-refractivity contribution in [3.05, 3.63) is 35.9 Å². The Bertz CT molecular complexity index is 363. The average Bonchev–Trinajstić information content (AvgIpc) is 2.71. The van der Waals surface area contributed by atoms with Crippen LogP contribution in [0.1, 0.15) is 24.9 Å². The summed E-state index contributed by atoms with van der Waals surface area (Å²) in [6.07, 6.45) is 0.840. The lowest BCUT2D eigenvalue weighted by molar-refractivity contribution is -0.145. The summed E-state index contributed by atoms with van der Waals surface area (Å²) in [5.41, 5.74) is 1.15. The van der Waals surface area contributed by atoms with Crippen molar-refractivity contribution >= 4 is 5.97 Å². The summed E-state index contributed by atoms with van der Waals surface area (Å²) in [6, 6.07) is 10.5. The molecule has 0 unspecified atom stereocenters. The SMILES string of the molecule is COC(=O)[C@@H]1C[C@H](C)N[C@H]1c1ccccc1. The first-order valence-corrected chi connectivity index (χ1v) is 5.61. The molecule has 1 aromatic carbocycles.